The van der Waals surface area contributed by atoms with Crippen LogP contribution >= 0.6 is 0 Å². The van der Waals surface area contributed by atoms with E-state index in [9.17, 15) is 23.2 Å². The standard InChI is InChI=1S/C17H13F3N4O/c18-17(19,20)11-4-2-5-12(7-11)24-9-13(22)16(25)23-15-10(8-21)3-1-6-14(15)24/h1-7,13H,9,22H2,(H,23,25)/t13-/m0/s1. The molecule has 25 heavy (non-hydrogen) atoms. The predicted octanol–water partition coefficient (Wildman–Crippen LogP) is 2.99. The quantitative estimate of drug-likeness (QED) is 0.832. The second-order valence-corrected chi connectivity index (χ2v) is 5.57. The van der Waals surface area contributed by atoms with Crippen LogP contribution in [0.25, 0.3) is 0 Å². The molecular weight excluding hydrogens is 333 g/mol. The number of fused-ring (bicyclic) bond motifs is 1. The van der Waals surface area contributed by atoms with Crippen molar-refractivity contribution in [2.75, 3.05) is 16.8 Å². The minimum absolute atomic E-state index is 0.0188. The first-order valence-corrected chi connectivity index (χ1v) is 7.35. The summed E-state index contributed by atoms with van der Waals surface area (Å²) in [5, 5.41) is 11.8. The summed E-state index contributed by atoms with van der Waals surface area (Å²) in [6.07, 6.45) is -4.49. The van der Waals surface area contributed by atoms with Crippen molar-refractivity contribution in [2.45, 2.75) is 12.2 Å². The lowest BCUT2D eigenvalue weighted by Gasteiger charge is -2.26. The number of hydrogen-bond acceptors (Lipinski definition) is 4. The number of nitrogens with zero attached hydrogens (tertiary/aromatic N) is 2. The minimum atomic E-state index is -4.49. The molecule has 0 bridgehead atoms. The minimum Gasteiger partial charge on any atom is -0.338 e. The van der Waals surface area contributed by atoms with Gasteiger partial charge in [0.2, 0.25) is 5.91 Å². The lowest BCUT2D eigenvalue weighted by molar-refractivity contribution is -0.137. The van der Waals surface area contributed by atoms with E-state index in [1.54, 1.807) is 12.1 Å². The summed E-state index contributed by atoms with van der Waals surface area (Å²) in [4.78, 5) is 13.6. The summed E-state index contributed by atoms with van der Waals surface area (Å²) in [6.45, 7) is -0.0188. The molecule has 0 aliphatic carbocycles. The predicted molar refractivity (Wildman–Crippen MR) is 86.2 cm³/mol. The first kappa shape index (κ1) is 16.8. The molecule has 1 atom stereocenters. The molecule has 0 spiro atoms. The van der Waals surface area contributed by atoms with E-state index in [1.165, 1.54) is 23.1 Å². The second kappa shape index (κ2) is 6.11. The van der Waals surface area contributed by atoms with Crippen LogP contribution in [0.1, 0.15) is 11.1 Å². The van der Waals surface area contributed by atoms with Crippen molar-refractivity contribution >= 4 is 23.0 Å². The molecule has 0 radical (unpaired) electrons. The Hall–Kier alpha value is -3.05. The van der Waals surface area contributed by atoms with Crippen molar-refractivity contribution in [3.63, 3.8) is 0 Å². The van der Waals surface area contributed by atoms with Crippen LogP contribution in [0.15, 0.2) is 42.5 Å². The van der Waals surface area contributed by atoms with Gasteiger partial charge in [-0.2, -0.15) is 18.4 Å². The Kier molecular flexibility index (Phi) is 4.10. The molecule has 3 rings (SSSR count). The van der Waals surface area contributed by atoms with E-state index in [1.807, 2.05) is 6.07 Å². The molecule has 1 aliphatic heterocycles. The van der Waals surface area contributed by atoms with E-state index in [0.717, 1.165) is 12.1 Å². The average Bonchev–Trinajstić information content (AvgIpc) is 2.71. The summed E-state index contributed by atoms with van der Waals surface area (Å²) in [5.74, 6) is -0.501. The van der Waals surface area contributed by atoms with Gasteiger partial charge in [0.25, 0.3) is 0 Å². The number of carbonyl (C=O) groups excluding carboxylic acids is 1. The summed E-state index contributed by atoms with van der Waals surface area (Å²) in [6, 6.07) is 10.5. The van der Waals surface area contributed by atoms with E-state index in [4.69, 9.17) is 5.73 Å². The third kappa shape index (κ3) is 3.14. The number of para-hydroxylation sites is 1. The molecule has 2 aromatic carbocycles. The van der Waals surface area contributed by atoms with Gasteiger partial charge >= 0.3 is 6.18 Å². The summed E-state index contributed by atoms with van der Waals surface area (Å²) < 4.78 is 39.0. The molecule has 0 aromatic heterocycles. The molecule has 3 N–H and O–H groups in total. The molecule has 1 amide bonds. The normalized spacial score (nSPS) is 17.3. The van der Waals surface area contributed by atoms with E-state index in [-0.39, 0.29) is 23.5 Å². The molecule has 0 unspecified atom stereocenters. The fraction of sp³-hybridized carbons (Fsp3) is 0.176. The van der Waals surface area contributed by atoms with Gasteiger partial charge < -0.3 is 16.0 Å². The highest BCUT2D eigenvalue weighted by molar-refractivity contribution is 6.02. The van der Waals surface area contributed by atoms with Crippen LogP contribution in [0.4, 0.5) is 30.2 Å². The number of hydrogen-bond donors (Lipinski definition) is 2. The SMILES string of the molecule is N#Cc1cccc2c1NC(=O)[C@@H](N)CN2c1cccc(C(F)(F)F)c1. The van der Waals surface area contributed by atoms with Crippen LogP contribution in [0.5, 0.6) is 0 Å². The third-order valence-electron chi connectivity index (χ3n) is 3.90. The molecule has 1 heterocycles. The summed E-state index contributed by atoms with van der Waals surface area (Å²) >= 11 is 0. The highest BCUT2D eigenvalue weighted by Crippen LogP contribution is 2.38. The average molecular weight is 346 g/mol. The van der Waals surface area contributed by atoms with Gasteiger partial charge in [0.1, 0.15) is 12.1 Å². The highest BCUT2D eigenvalue weighted by atomic mass is 19.4. The highest BCUT2D eigenvalue weighted by Gasteiger charge is 2.32. The first-order chi connectivity index (χ1) is 11.8. The van der Waals surface area contributed by atoms with Gasteiger partial charge in [-0.1, -0.05) is 12.1 Å². The van der Waals surface area contributed by atoms with Crippen molar-refractivity contribution in [3.8, 4) is 6.07 Å². The molecule has 0 saturated heterocycles. The number of benzene rings is 2. The van der Waals surface area contributed by atoms with Crippen molar-refractivity contribution in [2.24, 2.45) is 5.73 Å². The number of rotatable bonds is 1. The number of nitrogens with one attached hydrogen (secondary N) is 1. The van der Waals surface area contributed by atoms with Gasteiger partial charge in [-0.15, -0.1) is 0 Å². The van der Waals surface area contributed by atoms with Gasteiger partial charge in [-0.25, -0.2) is 0 Å². The summed E-state index contributed by atoms with van der Waals surface area (Å²) in [7, 11) is 0. The number of carbonyl (C=O) groups is 1. The Morgan fingerprint density at radius 2 is 1.96 bits per heavy atom. The molecule has 0 saturated carbocycles. The lowest BCUT2D eigenvalue weighted by atomic mass is 10.1. The zero-order valence-corrected chi connectivity index (χ0v) is 12.8. The van der Waals surface area contributed by atoms with Gasteiger partial charge in [0.15, 0.2) is 0 Å². The Labute approximate surface area is 141 Å². The van der Waals surface area contributed by atoms with Crippen LogP contribution in [0.3, 0.4) is 0 Å². The molecule has 8 heteroatoms. The molecule has 1 aliphatic rings. The smallest absolute Gasteiger partial charge is 0.338 e. The van der Waals surface area contributed by atoms with E-state index in [2.05, 4.69) is 5.32 Å². The maximum absolute atomic E-state index is 13.0. The fourth-order valence-corrected chi connectivity index (χ4v) is 2.68. The van der Waals surface area contributed by atoms with Crippen molar-refractivity contribution in [1.82, 2.24) is 0 Å². The maximum atomic E-state index is 13.0. The lowest BCUT2D eigenvalue weighted by Crippen LogP contribution is -2.41. The summed E-state index contributed by atoms with van der Waals surface area (Å²) in [5.41, 5.74) is 6.13. The molecule has 128 valence electrons. The van der Waals surface area contributed by atoms with Gasteiger partial charge in [-0.05, 0) is 30.3 Å². The monoisotopic (exact) mass is 346 g/mol. The topological polar surface area (TPSA) is 82.1 Å². The number of amides is 1. The number of alkyl halides is 3. The molecule has 2 aromatic rings. The van der Waals surface area contributed by atoms with E-state index >= 15 is 0 Å². The maximum Gasteiger partial charge on any atom is 0.416 e. The second-order valence-electron chi connectivity index (χ2n) is 5.57. The van der Waals surface area contributed by atoms with Crippen LogP contribution < -0.4 is 16.0 Å². The van der Waals surface area contributed by atoms with Crippen LogP contribution in [0, 0.1) is 11.3 Å². The van der Waals surface area contributed by atoms with Gasteiger partial charge in [0, 0.05) is 12.2 Å². The molecule has 0 fully saturated rings. The van der Waals surface area contributed by atoms with Crippen LogP contribution in [0.2, 0.25) is 0 Å². The molecule has 5 nitrogen and oxygen atoms in total. The number of nitriles is 1. The third-order valence-corrected chi connectivity index (χ3v) is 3.90. The number of anilines is 3. The van der Waals surface area contributed by atoms with Crippen LogP contribution in [-0.4, -0.2) is 18.5 Å². The Morgan fingerprint density at radius 1 is 1.24 bits per heavy atom. The van der Waals surface area contributed by atoms with Crippen molar-refractivity contribution in [3.05, 3.63) is 53.6 Å². The zero-order chi connectivity index (χ0) is 18.2. The van der Waals surface area contributed by atoms with E-state index in [0.29, 0.717) is 5.69 Å². The van der Waals surface area contributed by atoms with Crippen molar-refractivity contribution < 1.29 is 18.0 Å². The van der Waals surface area contributed by atoms with Crippen LogP contribution in [-0.2, 0) is 11.0 Å². The molecular formula is C17H13F3N4O. The van der Waals surface area contributed by atoms with Crippen molar-refractivity contribution in [1.29, 1.82) is 5.26 Å². The van der Waals surface area contributed by atoms with E-state index < -0.39 is 23.7 Å². The number of halogens is 3. The first-order valence-electron chi connectivity index (χ1n) is 7.35. The largest absolute Gasteiger partial charge is 0.416 e. The van der Waals surface area contributed by atoms with Gasteiger partial charge in [-0.3, -0.25) is 4.79 Å². The Morgan fingerprint density at radius 3 is 2.64 bits per heavy atom. The fourth-order valence-electron chi connectivity index (χ4n) is 2.68. The van der Waals surface area contributed by atoms with Gasteiger partial charge in [0.05, 0.1) is 22.5 Å². The zero-order valence-electron chi connectivity index (χ0n) is 12.8. The number of nitrogens with two attached hydrogens (primary N) is 1. The Balaban J connectivity index is 2.17. The Bertz CT molecular complexity index is 873.